The first-order valence-electron chi connectivity index (χ1n) is 6.98. The van der Waals surface area contributed by atoms with Gasteiger partial charge in [-0.15, -0.1) is 11.8 Å². The van der Waals surface area contributed by atoms with E-state index in [1.54, 1.807) is 0 Å². The van der Waals surface area contributed by atoms with Gasteiger partial charge in [-0.1, -0.05) is 12.8 Å². The van der Waals surface area contributed by atoms with Gasteiger partial charge in [-0.3, -0.25) is 4.79 Å². The van der Waals surface area contributed by atoms with Gasteiger partial charge in [-0.25, -0.2) is 4.79 Å². The second-order valence-corrected chi connectivity index (χ2v) is 6.60. The topological polar surface area (TPSA) is 57.6 Å². The molecular weight excluding hydrogens is 307 g/mol. The zero-order chi connectivity index (χ0) is 15.6. The van der Waals surface area contributed by atoms with Crippen LogP contribution in [0, 0.1) is 5.92 Å². The van der Waals surface area contributed by atoms with Gasteiger partial charge in [0.25, 0.3) is 0 Å². The molecular formula is C13H18F3NO3S. The van der Waals surface area contributed by atoms with Crippen molar-refractivity contribution < 1.29 is 27.9 Å². The third kappa shape index (κ3) is 4.05. The van der Waals surface area contributed by atoms with E-state index < -0.39 is 29.8 Å². The summed E-state index contributed by atoms with van der Waals surface area (Å²) in [5.41, 5.74) is 0. The van der Waals surface area contributed by atoms with E-state index in [0.29, 0.717) is 18.2 Å². The van der Waals surface area contributed by atoms with Crippen molar-refractivity contribution in [2.75, 3.05) is 11.5 Å². The fourth-order valence-corrected chi connectivity index (χ4v) is 4.03. The quantitative estimate of drug-likeness (QED) is 0.863. The van der Waals surface area contributed by atoms with Crippen molar-refractivity contribution in [1.82, 2.24) is 4.90 Å². The Morgan fingerprint density at radius 2 is 1.90 bits per heavy atom. The third-order valence-corrected chi connectivity index (χ3v) is 5.13. The van der Waals surface area contributed by atoms with Crippen LogP contribution in [-0.2, 0) is 9.59 Å². The predicted octanol–water partition coefficient (Wildman–Crippen LogP) is 2.53. The van der Waals surface area contributed by atoms with Crippen LogP contribution in [0.3, 0.4) is 0 Å². The van der Waals surface area contributed by atoms with Gasteiger partial charge in [-0.05, 0) is 25.2 Å². The highest BCUT2D eigenvalue weighted by Crippen LogP contribution is 2.40. The zero-order valence-electron chi connectivity index (χ0n) is 11.4. The fraction of sp³-hybridized carbons (Fsp3) is 0.846. The summed E-state index contributed by atoms with van der Waals surface area (Å²) in [6.07, 6.45) is -0.269. The van der Waals surface area contributed by atoms with Crippen LogP contribution in [0.25, 0.3) is 0 Å². The molecule has 1 aliphatic carbocycles. The van der Waals surface area contributed by atoms with Crippen LogP contribution in [0.2, 0.25) is 0 Å². The Hall–Kier alpha value is -0.920. The second kappa shape index (κ2) is 6.46. The van der Waals surface area contributed by atoms with Crippen molar-refractivity contribution in [3.8, 4) is 0 Å². The number of likely N-dealkylation sites (tertiary alicyclic amines) is 1. The van der Waals surface area contributed by atoms with Gasteiger partial charge in [-0.2, -0.15) is 13.2 Å². The molecule has 4 nitrogen and oxygen atoms in total. The molecule has 3 unspecified atom stereocenters. The Balaban J connectivity index is 2.00. The highest BCUT2D eigenvalue weighted by atomic mass is 32.2. The van der Waals surface area contributed by atoms with Crippen LogP contribution in [0.1, 0.15) is 32.1 Å². The molecule has 0 aromatic heterocycles. The normalized spacial score (nSPS) is 29.3. The number of hydrogen-bond donors (Lipinski definition) is 1. The second-order valence-electron chi connectivity index (χ2n) is 5.61. The number of carboxylic acid groups (broad SMARTS) is 1. The molecule has 0 spiro atoms. The fourth-order valence-electron chi connectivity index (χ4n) is 3.37. The van der Waals surface area contributed by atoms with Gasteiger partial charge in [0.05, 0.1) is 11.5 Å². The van der Waals surface area contributed by atoms with E-state index >= 15 is 0 Å². The van der Waals surface area contributed by atoms with Gasteiger partial charge in [0, 0.05) is 6.04 Å². The number of halogens is 3. The largest absolute Gasteiger partial charge is 0.480 e. The average molecular weight is 325 g/mol. The standard InChI is InChI=1S/C13H18F3NO3S/c14-13(15,16)7-21-6-11(18)17-9-4-2-1-3-8(9)5-10(17)12(19)20/h8-10H,1-7H2,(H,19,20). The number of carbonyl (C=O) groups excluding carboxylic acids is 1. The van der Waals surface area contributed by atoms with Crippen LogP contribution in [-0.4, -0.2) is 51.6 Å². The molecule has 21 heavy (non-hydrogen) atoms. The first-order valence-corrected chi connectivity index (χ1v) is 8.13. The number of hydrogen-bond acceptors (Lipinski definition) is 3. The van der Waals surface area contributed by atoms with Gasteiger partial charge in [0.1, 0.15) is 6.04 Å². The molecule has 0 aromatic carbocycles. The number of nitrogens with zero attached hydrogens (tertiary/aromatic N) is 1. The summed E-state index contributed by atoms with van der Waals surface area (Å²) in [6.45, 7) is 0. The van der Waals surface area contributed by atoms with Crippen LogP contribution >= 0.6 is 11.8 Å². The minimum Gasteiger partial charge on any atom is -0.480 e. The molecule has 2 aliphatic rings. The molecule has 0 bridgehead atoms. The van der Waals surface area contributed by atoms with Gasteiger partial charge in [0.15, 0.2) is 0 Å². The van der Waals surface area contributed by atoms with E-state index in [2.05, 4.69) is 0 Å². The lowest BCUT2D eigenvalue weighted by Gasteiger charge is -2.33. The monoisotopic (exact) mass is 325 g/mol. The average Bonchev–Trinajstić information content (AvgIpc) is 2.76. The van der Waals surface area contributed by atoms with E-state index in [9.17, 15) is 27.9 Å². The van der Waals surface area contributed by atoms with Crippen molar-refractivity contribution in [3.63, 3.8) is 0 Å². The maximum absolute atomic E-state index is 12.2. The van der Waals surface area contributed by atoms with Crippen LogP contribution in [0.5, 0.6) is 0 Å². The molecule has 1 saturated heterocycles. The van der Waals surface area contributed by atoms with Gasteiger partial charge < -0.3 is 10.0 Å². The molecule has 2 rings (SSSR count). The van der Waals surface area contributed by atoms with Crippen molar-refractivity contribution in [2.45, 2.75) is 50.4 Å². The SMILES string of the molecule is O=C(O)C1CC2CCCCC2N1C(=O)CSCC(F)(F)F. The lowest BCUT2D eigenvalue weighted by Crippen LogP contribution is -2.47. The number of thioether (sulfide) groups is 1. The number of amides is 1. The summed E-state index contributed by atoms with van der Waals surface area (Å²) in [4.78, 5) is 24.8. The van der Waals surface area contributed by atoms with Crippen molar-refractivity contribution in [1.29, 1.82) is 0 Å². The molecule has 0 aromatic rings. The predicted molar refractivity (Wildman–Crippen MR) is 72.0 cm³/mol. The van der Waals surface area contributed by atoms with E-state index in [4.69, 9.17) is 0 Å². The molecule has 1 aliphatic heterocycles. The van der Waals surface area contributed by atoms with Crippen molar-refractivity contribution >= 4 is 23.6 Å². The summed E-state index contributed by atoms with van der Waals surface area (Å²) < 4.78 is 36.4. The molecule has 3 atom stereocenters. The Morgan fingerprint density at radius 1 is 1.24 bits per heavy atom. The lowest BCUT2D eigenvalue weighted by molar-refractivity contribution is -0.148. The molecule has 0 radical (unpaired) electrons. The third-order valence-electron chi connectivity index (χ3n) is 4.15. The van der Waals surface area contributed by atoms with E-state index in [1.807, 2.05) is 0 Å². The summed E-state index contributed by atoms with van der Waals surface area (Å²) >= 11 is 0.499. The van der Waals surface area contributed by atoms with Crippen LogP contribution < -0.4 is 0 Å². The molecule has 1 saturated carbocycles. The molecule has 1 N–H and O–H groups in total. The summed E-state index contributed by atoms with van der Waals surface area (Å²) in [6, 6.07) is -0.990. The van der Waals surface area contributed by atoms with E-state index in [-0.39, 0.29) is 17.7 Å². The Labute approximate surface area is 125 Å². The molecule has 1 heterocycles. The summed E-state index contributed by atoms with van der Waals surface area (Å²) in [5.74, 6) is -2.76. The number of carbonyl (C=O) groups is 2. The number of aliphatic carboxylic acids is 1. The highest BCUT2D eigenvalue weighted by molar-refractivity contribution is 8.00. The molecule has 2 fully saturated rings. The van der Waals surface area contributed by atoms with Crippen LogP contribution in [0.15, 0.2) is 0 Å². The summed E-state index contributed by atoms with van der Waals surface area (Å²) in [5, 5.41) is 9.25. The van der Waals surface area contributed by atoms with Crippen LogP contribution in [0.4, 0.5) is 13.2 Å². The maximum atomic E-state index is 12.2. The minimum atomic E-state index is -4.31. The van der Waals surface area contributed by atoms with Crippen molar-refractivity contribution in [2.24, 2.45) is 5.92 Å². The van der Waals surface area contributed by atoms with Gasteiger partial charge in [0.2, 0.25) is 5.91 Å². The Kier molecular flexibility index (Phi) is 5.06. The first-order chi connectivity index (χ1) is 9.79. The summed E-state index contributed by atoms with van der Waals surface area (Å²) in [7, 11) is 0. The van der Waals surface area contributed by atoms with Gasteiger partial charge >= 0.3 is 12.1 Å². The minimum absolute atomic E-state index is 0.112. The first kappa shape index (κ1) is 16.5. The Morgan fingerprint density at radius 3 is 2.52 bits per heavy atom. The number of carboxylic acids is 1. The molecule has 8 heteroatoms. The highest BCUT2D eigenvalue weighted by Gasteiger charge is 2.47. The number of rotatable bonds is 4. The number of fused-ring (bicyclic) bond motifs is 1. The zero-order valence-corrected chi connectivity index (χ0v) is 12.3. The molecule has 120 valence electrons. The van der Waals surface area contributed by atoms with Crippen molar-refractivity contribution in [3.05, 3.63) is 0 Å². The maximum Gasteiger partial charge on any atom is 0.397 e. The Bertz CT molecular complexity index is 416. The number of alkyl halides is 3. The van der Waals surface area contributed by atoms with E-state index in [0.717, 1.165) is 25.7 Å². The lowest BCUT2D eigenvalue weighted by atomic mass is 9.85. The van der Waals surface area contributed by atoms with E-state index in [1.165, 1.54) is 4.90 Å². The smallest absolute Gasteiger partial charge is 0.397 e. The molecule has 1 amide bonds.